The molecule has 0 radical (unpaired) electrons. The maximum atomic E-state index is 12.8. The Morgan fingerprint density at radius 3 is 2.33 bits per heavy atom. The van der Waals surface area contributed by atoms with Crippen LogP contribution in [0.5, 0.6) is 5.75 Å². The van der Waals surface area contributed by atoms with Crippen LogP contribution in [-0.4, -0.2) is 46.0 Å². The molecule has 0 aromatic heterocycles. The van der Waals surface area contributed by atoms with Crippen molar-refractivity contribution in [3.05, 3.63) is 54.1 Å². The topological polar surface area (TPSA) is 49.9 Å². The van der Waals surface area contributed by atoms with E-state index in [1.165, 1.54) is 0 Å². The zero-order chi connectivity index (χ0) is 17.2. The van der Waals surface area contributed by atoms with Crippen molar-refractivity contribution in [1.29, 1.82) is 0 Å². The van der Waals surface area contributed by atoms with Gasteiger partial charge in [-0.15, -0.1) is 0 Å². The molecular weight excluding hydrogens is 324 g/mol. The molecule has 1 fully saturated rings. The Balaban J connectivity index is 1.74. The van der Waals surface area contributed by atoms with Gasteiger partial charge in [-0.05, 0) is 30.7 Å². The lowest BCUT2D eigenvalue weighted by Gasteiger charge is -2.35. The summed E-state index contributed by atoms with van der Waals surface area (Å²) in [6.07, 6.45) is 0. The summed E-state index contributed by atoms with van der Waals surface area (Å²) in [4.78, 5) is 2.59. The molecule has 0 aliphatic carbocycles. The van der Waals surface area contributed by atoms with Crippen LogP contribution in [0.2, 0.25) is 0 Å². The molecule has 0 atom stereocenters. The summed E-state index contributed by atoms with van der Waals surface area (Å²) in [6.45, 7) is 4.12. The van der Waals surface area contributed by atoms with Crippen LogP contribution in [0.25, 0.3) is 0 Å². The lowest BCUT2D eigenvalue weighted by Crippen LogP contribution is -2.48. The highest BCUT2D eigenvalue weighted by Crippen LogP contribution is 2.25. The van der Waals surface area contributed by atoms with E-state index in [9.17, 15) is 8.42 Å². The number of benzene rings is 2. The third kappa shape index (κ3) is 3.25. The lowest BCUT2D eigenvalue weighted by atomic mass is 10.2. The minimum atomic E-state index is -3.43. The molecular formula is C18H22N2O3S. The van der Waals surface area contributed by atoms with Gasteiger partial charge in [0.15, 0.2) is 0 Å². The number of rotatable bonds is 4. The summed E-state index contributed by atoms with van der Waals surface area (Å²) in [5, 5.41) is 0. The number of hydrogen-bond acceptors (Lipinski definition) is 4. The van der Waals surface area contributed by atoms with E-state index in [0.29, 0.717) is 31.1 Å². The van der Waals surface area contributed by atoms with Crippen LogP contribution in [0.4, 0.5) is 5.69 Å². The van der Waals surface area contributed by atoms with Crippen molar-refractivity contribution >= 4 is 15.7 Å². The Morgan fingerprint density at radius 1 is 0.958 bits per heavy atom. The van der Waals surface area contributed by atoms with Crippen molar-refractivity contribution in [2.75, 3.05) is 38.2 Å². The number of methoxy groups -OCH3 is 1. The molecule has 0 spiro atoms. The molecule has 24 heavy (non-hydrogen) atoms. The Hall–Kier alpha value is -2.05. The second kappa shape index (κ2) is 6.83. The number of nitrogens with zero attached hydrogens (tertiary/aromatic N) is 2. The number of anilines is 1. The molecule has 0 bridgehead atoms. The quantitative estimate of drug-likeness (QED) is 0.854. The molecule has 1 saturated heterocycles. The normalized spacial score (nSPS) is 16.2. The summed E-state index contributed by atoms with van der Waals surface area (Å²) in [6, 6.07) is 15.0. The van der Waals surface area contributed by atoms with E-state index in [0.717, 1.165) is 17.0 Å². The monoisotopic (exact) mass is 346 g/mol. The van der Waals surface area contributed by atoms with Gasteiger partial charge in [0, 0.05) is 37.9 Å². The Bertz CT molecular complexity index is 813. The van der Waals surface area contributed by atoms with E-state index >= 15 is 0 Å². The average Bonchev–Trinajstić information content (AvgIpc) is 2.62. The van der Waals surface area contributed by atoms with E-state index in [-0.39, 0.29) is 0 Å². The summed E-state index contributed by atoms with van der Waals surface area (Å²) >= 11 is 0. The first kappa shape index (κ1) is 16.8. The fourth-order valence-corrected chi connectivity index (χ4v) is 4.63. The van der Waals surface area contributed by atoms with E-state index in [2.05, 4.69) is 4.90 Å². The van der Waals surface area contributed by atoms with Gasteiger partial charge >= 0.3 is 0 Å². The Morgan fingerprint density at radius 2 is 1.67 bits per heavy atom. The zero-order valence-electron chi connectivity index (χ0n) is 14.0. The molecule has 2 aromatic carbocycles. The minimum Gasteiger partial charge on any atom is -0.497 e. The molecule has 128 valence electrons. The van der Waals surface area contributed by atoms with Gasteiger partial charge in [-0.3, -0.25) is 0 Å². The number of hydrogen-bond donors (Lipinski definition) is 0. The number of piperazine rings is 1. The first-order chi connectivity index (χ1) is 11.5. The molecule has 6 heteroatoms. The summed E-state index contributed by atoms with van der Waals surface area (Å²) < 4.78 is 32.5. The highest BCUT2D eigenvalue weighted by atomic mass is 32.2. The number of ether oxygens (including phenoxy) is 1. The fraction of sp³-hybridized carbons (Fsp3) is 0.333. The molecule has 5 nitrogen and oxygen atoms in total. The van der Waals surface area contributed by atoms with E-state index in [4.69, 9.17) is 4.74 Å². The molecule has 0 saturated carbocycles. The van der Waals surface area contributed by atoms with E-state index < -0.39 is 10.0 Å². The summed E-state index contributed by atoms with van der Waals surface area (Å²) in [5.41, 5.74) is 1.84. The molecule has 1 heterocycles. The van der Waals surface area contributed by atoms with Crippen molar-refractivity contribution < 1.29 is 13.2 Å². The van der Waals surface area contributed by atoms with Gasteiger partial charge in [0.25, 0.3) is 0 Å². The van der Waals surface area contributed by atoms with Crippen LogP contribution >= 0.6 is 0 Å². The van der Waals surface area contributed by atoms with Crippen LogP contribution < -0.4 is 9.64 Å². The first-order valence-electron chi connectivity index (χ1n) is 7.97. The van der Waals surface area contributed by atoms with Gasteiger partial charge < -0.3 is 9.64 Å². The smallest absolute Gasteiger partial charge is 0.243 e. The van der Waals surface area contributed by atoms with Gasteiger partial charge in [0.1, 0.15) is 5.75 Å². The van der Waals surface area contributed by atoms with Crippen molar-refractivity contribution in [3.8, 4) is 5.75 Å². The summed E-state index contributed by atoms with van der Waals surface area (Å²) in [7, 11) is -1.78. The average molecular weight is 346 g/mol. The van der Waals surface area contributed by atoms with Crippen molar-refractivity contribution in [3.63, 3.8) is 0 Å². The van der Waals surface area contributed by atoms with Crippen LogP contribution in [0.1, 0.15) is 5.56 Å². The second-order valence-corrected chi connectivity index (χ2v) is 7.76. The number of sulfonamides is 1. The van der Waals surface area contributed by atoms with Gasteiger partial charge in [0.2, 0.25) is 10.0 Å². The van der Waals surface area contributed by atoms with Crippen molar-refractivity contribution in [2.45, 2.75) is 11.8 Å². The zero-order valence-corrected chi connectivity index (χ0v) is 14.8. The maximum absolute atomic E-state index is 12.8. The van der Waals surface area contributed by atoms with Crippen molar-refractivity contribution in [1.82, 2.24) is 4.31 Å². The SMILES string of the molecule is COc1cccc(N2CCN(S(=O)(=O)c3ccccc3C)CC2)c1. The van der Waals surface area contributed by atoms with Gasteiger partial charge in [-0.2, -0.15) is 4.31 Å². The molecule has 0 N–H and O–H groups in total. The molecule has 1 aliphatic heterocycles. The van der Waals surface area contributed by atoms with Crippen LogP contribution in [-0.2, 0) is 10.0 Å². The predicted octanol–water partition coefficient (Wildman–Crippen LogP) is 2.51. The largest absolute Gasteiger partial charge is 0.497 e. The molecule has 3 rings (SSSR count). The van der Waals surface area contributed by atoms with Crippen LogP contribution in [0.3, 0.4) is 0 Å². The number of aryl methyl sites for hydroxylation is 1. The third-order valence-electron chi connectivity index (χ3n) is 4.37. The Labute approximate surface area is 143 Å². The maximum Gasteiger partial charge on any atom is 0.243 e. The molecule has 1 aliphatic rings. The van der Waals surface area contributed by atoms with Gasteiger partial charge in [-0.1, -0.05) is 24.3 Å². The minimum absolute atomic E-state index is 0.403. The van der Waals surface area contributed by atoms with E-state index in [1.54, 1.807) is 23.5 Å². The first-order valence-corrected chi connectivity index (χ1v) is 9.41. The standard InChI is InChI=1S/C18H22N2O3S/c1-15-6-3-4-9-18(15)24(21,22)20-12-10-19(11-13-20)16-7-5-8-17(14-16)23-2/h3-9,14H,10-13H2,1-2H3. The highest BCUT2D eigenvalue weighted by Gasteiger charge is 2.29. The highest BCUT2D eigenvalue weighted by molar-refractivity contribution is 7.89. The lowest BCUT2D eigenvalue weighted by molar-refractivity contribution is 0.384. The van der Waals surface area contributed by atoms with Crippen molar-refractivity contribution in [2.24, 2.45) is 0 Å². The van der Waals surface area contributed by atoms with E-state index in [1.807, 2.05) is 43.3 Å². The predicted molar refractivity (Wildman–Crippen MR) is 95.1 cm³/mol. The van der Waals surface area contributed by atoms with Gasteiger partial charge in [-0.25, -0.2) is 8.42 Å². The molecule has 0 amide bonds. The van der Waals surface area contributed by atoms with Crippen LogP contribution in [0, 0.1) is 6.92 Å². The van der Waals surface area contributed by atoms with Gasteiger partial charge in [0.05, 0.1) is 12.0 Å². The summed E-state index contributed by atoms with van der Waals surface area (Å²) in [5.74, 6) is 0.808. The molecule has 2 aromatic rings. The van der Waals surface area contributed by atoms with Crippen LogP contribution in [0.15, 0.2) is 53.4 Å². The second-order valence-electron chi connectivity index (χ2n) is 5.86. The third-order valence-corrected chi connectivity index (χ3v) is 6.43. The fourth-order valence-electron chi connectivity index (χ4n) is 2.98. The Kier molecular flexibility index (Phi) is 4.78. The molecule has 0 unspecified atom stereocenters.